The molecule has 4 aromatic carbocycles. The summed E-state index contributed by atoms with van der Waals surface area (Å²) in [5.74, 6) is -0.566. The Kier molecular flexibility index (Phi) is 7.46. The fraction of sp³-hybridized carbons (Fsp3) is 0.0714. The Balaban J connectivity index is 1.71. The van der Waals surface area contributed by atoms with Crippen LogP contribution in [0.2, 0.25) is 0 Å². The summed E-state index contributed by atoms with van der Waals surface area (Å²) >= 11 is 0. The van der Waals surface area contributed by atoms with Gasteiger partial charge in [0.05, 0.1) is 28.9 Å². The van der Waals surface area contributed by atoms with Crippen molar-refractivity contribution in [3.8, 4) is 5.75 Å². The van der Waals surface area contributed by atoms with Gasteiger partial charge in [-0.1, -0.05) is 72.3 Å². The predicted molar refractivity (Wildman–Crippen MR) is 141 cm³/mol. The lowest BCUT2D eigenvalue weighted by molar-refractivity contribution is 0.0955. The van der Waals surface area contributed by atoms with Gasteiger partial charge in [0.2, 0.25) is 0 Å². The van der Waals surface area contributed by atoms with Crippen molar-refractivity contribution in [2.75, 3.05) is 4.31 Å². The summed E-state index contributed by atoms with van der Waals surface area (Å²) in [7, 11) is -4.01. The number of nitrogens with one attached hydrogen (secondary N) is 1. The van der Waals surface area contributed by atoms with Gasteiger partial charge in [-0.3, -0.25) is 9.10 Å². The highest BCUT2D eigenvalue weighted by molar-refractivity contribution is 7.92. The third-order valence-electron chi connectivity index (χ3n) is 5.50. The fourth-order valence-electron chi connectivity index (χ4n) is 3.59. The first kappa shape index (κ1) is 24.7. The van der Waals surface area contributed by atoms with E-state index in [0.717, 1.165) is 11.1 Å². The number of amides is 1. The zero-order valence-electron chi connectivity index (χ0n) is 19.6. The molecule has 36 heavy (non-hydrogen) atoms. The predicted octanol–water partition coefficient (Wildman–Crippen LogP) is 4.86. The highest BCUT2D eigenvalue weighted by atomic mass is 32.2. The van der Waals surface area contributed by atoms with E-state index in [9.17, 15) is 18.3 Å². The minimum Gasteiger partial charge on any atom is -0.507 e. The second kappa shape index (κ2) is 10.9. The Hall–Kier alpha value is -4.43. The molecule has 4 rings (SSSR count). The average Bonchev–Trinajstić information content (AvgIpc) is 2.89. The maximum atomic E-state index is 13.8. The van der Waals surface area contributed by atoms with Crippen LogP contribution < -0.4 is 9.73 Å². The molecule has 0 fully saturated rings. The highest BCUT2D eigenvalue weighted by Gasteiger charge is 2.28. The average molecular weight is 500 g/mol. The number of sulfonamides is 1. The lowest BCUT2D eigenvalue weighted by Gasteiger charge is -2.26. The second-order valence-electron chi connectivity index (χ2n) is 8.09. The van der Waals surface area contributed by atoms with Gasteiger partial charge in [0.15, 0.2) is 0 Å². The minimum absolute atomic E-state index is 0.0223. The van der Waals surface area contributed by atoms with Gasteiger partial charge in [-0.15, -0.1) is 0 Å². The number of hydrogen-bond acceptors (Lipinski definition) is 5. The van der Waals surface area contributed by atoms with Crippen molar-refractivity contribution in [3.05, 3.63) is 125 Å². The standard InChI is InChI=1S/C28H25N3O4S/c1-21-15-17-24(18-16-21)36(34,35)31(20-22-9-3-2-4-10-22)26-13-7-6-12-25(26)28(33)30-29-19-23-11-5-8-14-27(23)32/h2-19,32H,20H2,1H3,(H,30,33)/b29-19+. The van der Waals surface area contributed by atoms with E-state index in [2.05, 4.69) is 10.5 Å². The summed E-state index contributed by atoms with van der Waals surface area (Å²) in [6, 6.07) is 28.8. The van der Waals surface area contributed by atoms with E-state index in [-0.39, 0.29) is 28.4 Å². The van der Waals surface area contributed by atoms with E-state index in [1.165, 1.54) is 16.6 Å². The van der Waals surface area contributed by atoms with Crippen LogP contribution in [0.4, 0.5) is 5.69 Å². The van der Waals surface area contributed by atoms with Crippen LogP contribution in [0.3, 0.4) is 0 Å². The van der Waals surface area contributed by atoms with Crippen molar-refractivity contribution in [3.63, 3.8) is 0 Å². The molecule has 0 aliphatic carbocycles. The first-order valence-electron chi connectivity index (χ1n) is 11.2. The van der Waals surface area contributed by atoms with E-state index < -0.39 is 15.9 Å². The molecule has 0 aliphatic rings. The number of hydrogen-bond donors (Lipinski definition) is 2. The van der Waals surface area contributed by atoms with Crippen LogP contribution in [0.25, 0.3) is 0 Å². The third kappa shape index (κ3) is 5.61. The van der Waals surface area contributed by atoms with Crippen LogP contribution in [0.1, 0.15) is 27.0 Å². The van der Waals surface area contributed by atoms with Gasteiger partial charge in [0.1, 0.15) is 5.75 Å². The van der Waals surface area contributed by atoms with Gasteiger partial charge in [0.25, 0.3) is 15.9 Å². The fourth-order valence-corrected chi connectivity index (χ4v) is 5.06. The molecule has 0 saturated carbocycles. The zero-order chi connectivity index (χ0) is 25.5. The number of hydrazone groups is 1. The number of nitrogens with zero attached hydrogens (tertiary/aromatic N) is 2. The van der Waals surface area contributed by atoms with E-state index in [4.69, 9.17) is 0 Å². The molecule has 0 atom stereocenters. The van der Waals surface area contributed by atoms with Crippen LogP contribution in [-0.2, 0) is 16.6 Å². The lowest BCUT2D eigenvalue weighted by Crippen LogP contribution is -2.33. The van der Waals surface area contributed by atoms with Gasteiger partial charge in [-0.2, -0.15) is 5.10 Å². The summed E-state index contributed by atoms with van der Waals surface area (Å²) in [5, 5.41) is 13.8. The monoisotopic (exact) mass is 499 g/mol. The van der Waals surface area contributed by atoms with Gasteiger partial charge in [-0.25, -0.2) is 13.8 Å². The number of aromatic hydroxyl groups is 1. The summed E-state index contributed by atoms with van der Waals surface area (Å²) in [4.78, 5) is 13.2. The van der Waals surface area contributed by atoms with Crippen LogP contribution in [0.5, 0.6) is 5.75 Å². The number of carbonyl (C=O) groups excluding carboxylic acids is 1. The number of phenols is 1. The quantitative estimate of drug-likeness (QED) is 0.267. The molecule has 7 nitrogen and oxygen atoms in total. The smallest absolute Gasteiger partial charge is 0.273 e. The Morgan fingerprint density at radius 3 is 2.25 bits per heavy atom. The number of anilines is 1. The number of rotatable bonds is 8. The van der Waals surface area contributed by atoms with E-state index in [1.807, 2.05) is 37.3 Å². The Morgan fingerprint density at radius 1 is 0.889 bits per heavy atom. The molecule has 8 heteroatoms. The Morgan fingerprint density at radius 2 is 1.53 bits per heavy atom. The maximum absolute atomic E-state index is 13.8. The topological polar surface area (TPSA) is 99.1 Å². The third-order valence-corrected chi connectivity index (χ3v) is 7.28. The summed E-state index contributed by atoms with van der Waals surface area (Å²) in [6.07, 6.45) is 1.32. The Labute approximate surface area is 210 Å². The van der Waals surface area contributed by atoms with E-state index in [1.54, 1.807) is 66.7 Å². The van der Waals surface area contributed by atoms with Crippen LogP contribution in [-0.4, -0.2) is 25.6 Å². The summed E-state index contributed by atoms with van der Waals surface area (Å²) < 4.78 is 28.8. The van der Waals surface area contributed by atoms with Crippen molar-refractivity contribution >= 4 is 27.8 Å². The molecule has 0 spiro atoms. The second-order valence-corrected chi connectivity index (χ2v) is 9.95. The van der Waals surface area contributed by atoms with Crippen LogP contribution in [0.15, 0.2) is 113 Å². The molecule has 0 radical (unpaired) electrons. The molecule has 0 bridgehead atoms. The molecule has 1 amide bonds. The summed E-state index contributed by atoms with van der Waals surface area (Å²) in [6.45, 7) is 1.91. The molecule has 182 valence electrons. The highest BCUT2D eigenvalue weighted by Crippen LogP contribution is 2.29. The Bertz CT molecular complexity index is 1480. The molecule has 0 heterocycles. The van der Waals surface area contributed by atoms with Gasteiger partial charge in [0, 0.05) is 5.56 Å². The van der Waals surface area contributed by atoms with Crippen molar-refractivity contribution in [1.29, 1.82) is 0 Å². The largest absolute Gasteiger partial charge is 0.507 e. The molecule has 0 aliphatic heterocycles. The zero-order valence-corrected chi connectivity index (χ0v) is 20.4. The van der Waals surface area contributed by atoms with Crippen LogP contribution >= 0.6 is 0 Å². The van der Waals surface area contributed by atoms with Crippen molar-refractivity contribution in [1.82, 2.24) is 5.43 Å². The molecule has 4 aromatic rings. The van der Waals surface area contributed by atoms with Gasteiger partial charge < -0.3 is 5.11 Å². The molecule has 0 aromatic heterocycles. The van der Waals surface area contributed by atoms with E-state index in [0.29, 0.717) is 5.56 Å². The number of aryl methyl sites for hydroxylation is 1. The van der Waals surface area contributed by atoms with Gasteiger partial charge in [-0.05, 0) is 48.9 Å². The maximum Gasteiger partial charge on any atom is 0.273 e. The molecule has 2 N–H and O–H groups in total. The number of para-hydroxylation sites is 2. The van der Waals surface area contributed by atoms with Crippen LogP contribution in [0, 0.1) is 6.92 Å². The number of carbonyl (C=O) groups is 1. The number of phenolic OH excluding ortho intramolecular Hbond substituents is 1. The molecule has 0 unspecified atom stereocenters. The SMILES string of the molecule is Cc1ccc(S(=O)(=O)N(Cc2ccccc2)c2ccccc2C(=O)N/N=C/c2ccccc2O)cc1. The first-order valence-corrected chi connectivity index (χ1v) is 12.6. The van der Waals surface area contributed by atoms with Crippen molar-refractivity contribution < 1.29 is 18.3 Å². The first-order chi connectivity index (χ1) is 17.4. The minimum atomic E-state index is -4.01. The molecular formula is C28H25N3O4S. The molecule has 0 saturated heterocycles. The van der Waals surface area contributed by atoms with E-state index >= 15 is 0 Å². The summed E-state index contributed by atoms with van der Waals surface area (Å²) in [5.41, 5.74) is 4.92. The number of benzene rings is 4. The molecular weight excluding hydrogens is 474 g/mol. The van der Waals surface area contributed by atoms with Crippen molar-refractivity contribution in [2.24, 2.45) is 5.10 Å². The normalized spacial score (nSPS) is 11.4. The van der Waals surface area contributed by atoms with Crippen molar-refractivity contribution in [2.45, 2.75) is 18.4 Å². The van der Waals surface area contributed by atoms with Gasteiger partial charge >= 0.3 is 0 Å². The lowest BCUT2D eigenvalue weighted by atomic mass is 10.1.